The normalized spacial score (nSPS) is 11.9. The lowest BCUT2D eigenvalue weighted by molar-refractivity contribution is 0.552. The maximum absolute atomic E-state index is 14.0. The number of aliphatic imine (C=N–C) groups is 1. The molecule has 0 saturated carbocycles. The Morgan fingerprint density at radius 1 is 1.16 bits per heavy atom. The SMILES string of the molecule is CCc1cc(S(=O)(=O)c2ccccc2F)c(C)cc1N=CN(C)CC. The van der Waals surface area contributed by atoms with Crippen LogP contribution in [-0.4, -0.2) is 33.2 Å². The van der Waals surface area contributed by atoms with Crippen LogP contribution >= 0.6 is 0 Å². The number of hydrogen-bond acceptors (Lipinski definition) is 3. The van der Waals surface area contributed by atoms with Crippen molar-refractivity contribution < 1.29 is 12.8 Å². The van der Waals surface area contributed by atoms with Crippen LogP contribution in [0.4, 0.5) is 10.1 Å². The minimum Gasteiger partial charge on any atom is -0.366 e. The molecule has 2 aromatic rings. The van der Waals surface area contributed by atoms with Crippen LogP contribution in [0.5, 0.6) is 0 Å². The van der Waals surface area contributed by atoms with Gasteiger partial charge >= 0.3 is 0 Å². The van der Waals surface area contributed by atoms with E-state index in [-0.39, 0.29) is 9.79 Å². The molecule has 4 nitrogen and oxygen atoms in total. The van der Waals surface area contributed by atoms with Crippen LogP contribution in [0.25, 0.3) is 0 Å². The first-order valence-electron chi connectivity index (χ1n) is 8.18. The topological polar surface area (TPSA) is 49.7 Å². The standard InChI is InChI=1S/C19H23FN2O2S/c1-5-15-12-19(14(3)11-17(15)21-13-22(4)6-2)25(23,24)18-10-8-7-9-16(18)20/h7-13H,5-6H2,1-4H3. The Morgan fingerprint density at radius 2 is 1.84 bits per heavy atom. The molecule has 0 heterocycles. The lowest BCUT2D eigenvalue weighted by Gasteiger charge is -2.14. The van der Waals surface area contributed by atoms with Crippen LogP contribution in [0.3, 0.4) is 0 Å². The van der Waals surface area contributed by atoms with Gasteiger partial charge in [-0.1, -0.05) is 19.1 Å². The van der Waals surface area contributed by atoms with Gasteiger partial charge in [-0.25, -0.2) is 17.8 Å². The molecular weight excluding hydrogens is 339 g/mol. The second kappa shape index (κ2) is 7.78. The van der Waals surface area contributed by atoms with E-state index >= 15 is 0 Å². The van der Waals surface area contributed by atoms with Crippen LogP contribution in [0.15, 0.2) is 51.2 Å². The third kappa shape index (κ3) is 4.07. The van der Waals surface area contributed by atoms with Gasteiger partial charge in [0, 0.05) is 13.6 Å². The first kappa shape index (κ1) is 19.1. The molecule has 0 aliphatic rings. The molecule has 134 valence electrons. The summed E-state index contributed by atoms with van der Waals surface area (Å²) in [6.45, 7) is 6.48. The molecule has 0 unspecified atom stereocenters. The molecule has 2 rings (SSSR count). The summed E-state index contributed by atoms with van der Waals surface area (Å²) in [5, 5.41) is 0. The highest BCUT2D eigenvalue weighted by Gasteiger charge is 2.24. The van der Waals surface area contributed by atoms with Crippen molar-refractivity contribution >= 4 is 21.9 Å². The van der Waals surface area contributed by atoms with E-state index in [1.165, 1.54) is 18.2 Å². The lowest BCUT2D eigenvalue weighted by Crippen LogP contribution is -2.14. The van der Waals surface area contributed by atoms with Gasteiger partial charge in [-0.15, -0.1) is 0 Å². The fourth-order valence-electron chi connectivity index (χ4n) is 2.43. The average molecular weight is 362 g/mol. The summed E-state index contributed by atoms with van der Waals surface area (Å²) in [6, 6.07) is 8.79. The Bertz CT molecular complexity index is 892. The molecule has 0 N–H and O–H groups in total. The van der Waals surface area contributed by atoms with E-state index in [1.807, 2.05) is 25.8 Å². The summed E-state index contributed by atoms with van der Waals surface area (Å²) < 4.78 is 39.8. The number of halogens is 1. The largest absolute Gasteiger partial charge is 0.366 e. The van der Waals surface area contributed by atoms with Gasteiger partial charge in [0.05, 0.1) is 16.9 Å². The molecule has 2 aromatic carbocycles. The van der Waals surface area contributed by atoms with E-state index in [0.29, 0.717) is 12.0 Å². The van der Waals surface area contributed by atoms with Crippen LogP contribution in [0.1, 0.15) is 25.0 Å². The summed E-state index contributed by atoms with van der Waals surface area (Å²) in [5.74, 6) is -0.744. The predicted molar refractivity (Wildman–Crippen MR) is 98.9 cm³/mol. The summed E-state index contributed by atoms with van der Waals surface area (Å²) in [5.41, 5.74) is 2.08. The van der Waals surface area contributed by atoms with E-state index < -0.39 is 15.7 Å². The van der Waals surface area contributed by atoms with Crippen molar-refractivity contribution in [1.82, 2.24) is 4.90 Å². The van der Waals surface area contributed by atoms with Crippen LogP contribution in [-0.2, 0) is 16.3 Å². The van der Waals surface area contributed by atoms with Gasteiger partial charge in [-0.2, -0.15) is 0 Å². The van der Waals surface area contributed by atoms with E-state index in [0.717, 1.165) is 23.9 Å². The maximum Gasteiger partial charge on any atom is 0.209 e. The fourth-order valence-corrected chi connectivity index (χ4v) is 4.03. The van der Waals surface area contributed by atoms with Gasteiger partial charge < -0.3 is 4.90 Å². The van der Waals surface area contributed by atoms with Gasteiger partial charge in [-0.3, -0.25) is 0 Å². The smallest absolute Gasteiger partial charge is 0.209 e. The molecule has 0 aliphatic heterocycles. The van der Waals surface area contributed by atoms with Crippen molar-refractivity contribution in [3.05, 3.63) is 53.3 Å². The molecule has 0 amide bonds. The second-order valence-corrected chi connectivity index (χ2v) is 7.74. The van der Waals surface area contributed by atoms with Crippen molar-refractivity contribution in [3.63, 3.8) is 0 Å². The van der Waals surface area contributed by atoms with Crippen molar-refractivity contribution in [3.8, 4) is 0 Å². The average Bonchev–Trinajstić information content (AvgIpc) is 2.59. The minimum absolute atomic E-state index is 0.122. The Kier molecular flexibility index (Phi) is 5.95. The number of nitrogens with zero attached hydrogens (tertiary/aromatic N) is 2. The number of benzene rings is 2. The summed E-state index contributed by atoms with van der Waals surface area (Å²) in [4.78, 5) is 6.20. The number of aryl methyl sites for hydroxylation is 2. The zero-order chi connectivity index (χ0) is 18.6. The van der Waals surface area contributed by atoms with Crippen molar-refractivity contribution in [2.75, 3.05) is 13.6 Å². The zero-order valence-corrected chi connectivity index (χ0v) is 15.8. The quantitative estimate of drug-likeness (QED) is 0.573. The number of sulfone groups is 1. The minimum atomic E-state index is -3.92. The highest BCUT2D eigenvalue weighted by atomic mass is 32.2. The summed E-state index contributed by atoms with van der Waals surface area (Å²) in [7, 11) is -2.01. The predicted octanol–water partition coefficient (Wildman–Crippen LogP) is 4.14. The third-order valence-corrected chi connectivity index (χ3v) is 5.99. The van der Waals surface area contributed by atoms with E-state index in [2.05, 4.69) is 4.99 Å². The van der Waals surface area contributed by atoms with E-state index in [4.69, 9.17) is 0 Å². The van der Waals surface area contributed by atoms with Crippen LogP contribution in [0, 0.1) is 12.7 Å². The molecule has 0 aromatic heterocycles. The van der Waals surface area contributed by atoms with Crippen molar-refractivity contribution in [2.45, 2.75) is 37.0 Å². The maximum atomic E-state index is 14.0. The highest BCUT2D eigenvalue weighted by Crippen LogP contribution is 2.31. The Balaban J connectivity index is 2.57. The van der Waals surface area contributed by atoms with Gasteiger partial charge in [0.1, 0.15) is 10.7 Å². The second-order valence-electron chi connectivity index (χ2n) is 5.85. The van der Waals surface area contributed by atoms with Gasteiger partial charge in [0.15, 0.2) is 0 Å². The van der Waals surface area contributed by atoms with Gasteiger partial charge in [0.2, 0.25) is 9.84 Å². The molecule has 0 saturated heterocycles. The Hall–Kier alpha value is -2.21. The first-order valence-corrected chi connectivity index (χ1v) is 9.67. The molecule has 0 atom stereocenters. The number of hydrogen-bond donors (Lipinski definition) is 0. The summed E-state index contributed by atoms with van der Waals surface area (Å²) in [6.07, 6.45) is 2.35. The molecule has 0 radical (unpaired) electrons. The Labute approximate surface area is 148 Å². The van der Waals surface area contributed by atoms with E-state index in [1.54, 1.807) is 25.4 Å². The molecule has 0 aliphatic carbocycles. The van der Waals surface area contributed by atoms with Crippen LogP contribution < -0.4 is 0 Å². The highest BCUT2D eigenvalue weighted by molar-refractivity contribution is 7.91. The first-order chi connectivity index (χ1) is 11.8. The molecule has 0 spiro atoms. The molecular formula is C19H23FN2O2S. The molecule has 6 heteroatoms. The van der Waals surface area contributed by atoms with E-state index in [9.17, 15) is 12.8 Å². The van der Waals surface area contributed by atoms with Crippen LogP contribution in [0.2, 0.25) is 0 Å². The van der Waals surface area contributed by atoms with Crippen molar-refractivity contribution in [1.29, 1.82) is 0 Å². The fraction of sp³-hybridized carbons (Fsp3) is 0.316. The summed E-state index contributed by atoms with van der Waals surface area (Å²) >= 11 is 0. The Morgan fingerprint density at radius 3 is 2.44 bits per heavy atom. The lowest BCUT2D eigenvalue weighted by atomic mass is 10.1. The number of rotatable bonds is 6. The monoisotopic (exact) mass is 362 g/mol. The molecule has 0 fully saturated rings. The zero-order valence-electron chi connectivity index (χ0n) is 15.0. The molecule has 0 bridgehead atoms. The third-order valence-electron chi connectivity index (χ3n) is 4.07. The van der Waals surface area contributed by atoms with Gasteiger partial charge in [0.25, 0.3) is 0 Å². The van der Waals surface area contributed by atoms with Gasteiger partial charge in [-0.05, 0) is 55.7 Å². The van der Waals surface area contributed by atoms with Crippen molar-refractivity contribution in [2.24, 2.45) is 4.99 Å². The molecule has 25 heavy (non-hydrogen) atoms.